The van der Waals surface area contributed by atoms with E-state index in [9.17, 15) is 26.4 Å². The number of allylic oxidation sites excluding steroid dienone is 4. The smallest absolute Gasteiger partial charge is 0.381 e. The first-order valence-corrected chi connectivity index (χ1v) is 20.1. The molecule has 0 fully saturated rings. The number of hydrogen-bond acceptors (Lipinski definition) is 7. The molecular formula is C44H53F3O7S. The van der Waals surface area contributed by atoms with Gasteiger partial charge in [-0.2, -0.15) is 21.6 Å². The van der Waals surface area contributed by atoms with Crippen LogP contribution in [0.25, 0.3) is 0 Å². The van der Waals surface area contributed by atoms with Crippen molar-refractivity contribution in [2.45, 2.75) is 65.9 Å². The molecule has 6 rings (SSSR count). The van der Waals surface area contributed by atoms with Crippen molar-refractivity contribution in [1.82, 2.24) is 0 Å². The molecule has 11 heteroatoms. The maximum atomic E-state index is 12.4. The lowest BCUT2D eigenvalue weighted by Gasteiger charge is -2.20. The highest BCUT2D eigenvalue weighted by molar-refractivity contribution is 7.87. The van der Waals surface area contributed by atoms with Crippen LogP contribution in [0.3, 0.4) is 0 Å². The highest BCUT2D eigenvalue weighted by atomic mass is 32.2. The first-order chi connectivity index (χ1) is 26.2. The van der Waals surface area contributed by atoms with Crippen LogP contribution in [0.1, 0.15) is 57.2 Å². The Morgan fingerprint density at radius 1 is 0.636 bits per heavy atom. The van der Waals surface area contributed by atoms with Crippen molar-refractivity contribution in [3.63, 3.8) is 0 Å². The molecule has 0 amide bonds. The zero-order valence-electron chi connectivity index (χ0n) is 32.0. The monoisotopic (exact) mass is 782 g/mol. The third kappa shape index (κ3) is 13.9. The van der Waals surface area contributed by atoms with Gasteiger partial charge in [-0.05, 0) is 66.4 Å². The molecule has 0 aliphatic heterocycles. The van der Waals surface area contributed by atoms with E-state index in [0.29, 0.717) is 38.1 Å². The lowest BCUT2D eigenvalue weighted by atomic mass is 9.94. The van der Waals surface area contributed by atoms with Gasteiger partial charge in [-0.15, -0.1) is 0 Å². The van der Waals surface area contributed by atoms with Crippen LogP contribution in [0.2, 0.25) is 0 Å². The van der Waals surface area contributed by atoms with Crippen molar-refractivity contribution in [2.24, 2.45) is 35.5 Å². The summed E-state index contributed by atoms with van der Waals surface area (Å²) in [5, 5.41) is 0. The van der Waals surface area contributed by atoms with Gasteiger partial charge in [-0.25, -0.2) is 0 Å². The molecule has 55 heavy (non-hydrogen) atoms. The number of halogens is 3. The van der Waals surface area contributed by atoms with E-state index in [1.807, 2.05) is 79.7 Å². The summed E-state index contributed by atoms with van der Waals surface area (Å²) in [6.07, 6.45) is 9.01. The van der Waals surface area contributed by atoms with E-state index in [4.69, 9.17) is 14.2 Å². The molecule has 0 aromatic heterocycles. The molecular weight excluding hydrogens is 730 g/mol. The molecule has 0 N–H and O–H groups in total. The third-order valence-corrected chi connectivity index (χ3v) is 11.1. The number of alkyl halides is 3. The molecule has 0 radical (unpaired) electrons. The molecule has 0 bridgehead atoms. The number of ether oxygens (including phenoxy) is 3. The summed E-state index contributed by atoms with van der Waals surface area (Å²) < 4.78 is 80.7. The van der Waals surface area contributed by atoms with Gasteiger partial charge in [-0.3, -0.25) is 4.79 Å². The molecule has 0 saturated carbocycles. The van der Waals surface area contributed by atoms with E-state index < -0.39 is 21.5 Å². The number of rotatable bonds is 14. The van der Waals surface area contributed by atoms with E-state index >= 15 is 0 Å². The van der Waals surface area contributed by atoms with Gasteiger partial charge in [0.2, 0.25) is 0 Å². The van der Waals surface area contributed by atoms with E-state index in [1.54, 1.807) is 6.08 Å². The fourth-order valence-corrected chi connectivity index (χ4v) is 7.02. The molecule has 3 aromatic carbocycles. The maximum absolute atomic E-state index is 12.4. The van der Waals surface area contributed by atoms with E-state index in [2.05, 4.69) is 55.3 Å². The molecule has 6 atom stereocenters. The molecule has 3 aromatic rings. The molecule has 3 aliphatic carbocycles. The lowest BCUT2D eigenvalue weighted by molar-refractivity contribution is -0.120. The summed E-state index contributed by atoms with van der Waals surface area (Å²) in [7, 11) is -5.64. The van der Waals surface area contributed by atoms with Crippen molar-refractivity contribution in [2.75, 3.05) is 19.8 Å². The zero-order valence-corrected chi connectivity index (χ0v) is 32.8. The van der Waals surface area contributed by atoms with Crippen LogP contribution >= 0.6 is 0 Å². The van der Waals surface area contributed by atoms with Crippen molar-refractivity contribution in [3.05, 3.63) is 143 Å². The summed E-state index contributed by atoms with van der Waals surface area (Å²) >= 11 is 0. The van der Waals surface area contributed by atoms with Crippen molar-refractivity contribution < 1.29 is 44.8 Å². The summed E-state index contributed by atoms with van der Waals surface area (Å²) in [5.41, 5.74) is -0.605. The average molecular weight is 783 g/mol. The van der Waals surface area contributed by atoms with Gasteiger partial charge in [0.15, 0.2) is 5.78 Å². The van der Waals surface area contributed by atoms with Crippen LogP contribution in [-0.4, -0.2) is 39.5 Å². The number of carbonyl (C=O) groups excluding carboxylic acids is 1. The Morgan fingerprint density at radius 3 is 1.45 bits per heavy atom. The Bertz CT molecular complexity index is 1760. The van der Waals surface area contributed by atoms with Crippen LogP contribution in [0.5, 0.6) is 0 Å². The van der Waals surface area contributed by atoms with E-state index in [-0.39, 0.29) is 30.0 Å². The molecule has 3 aliphatic rings. The Morgan fingerprint density at radius 2 is 1.05 bits per heavy atom. The van der Waals surface area contributed by atoms with Gasteiger partial charge >= 0.3 is 15.6 Å². The second-order valence-electron chi connectivity index (χ2n) is 14.4. The number of hydrogen-bond donors (Lipinski definition) is 0. The summed E-state index contributed by atoms with van der Waals surface area (Å²) in [4.78, 5) is 11.5. The Hall–Kier alpha value is -4.03. The minimum absolute atomic E-state index is 0.0173. The molecule has 0 saturated heterocycles. The predicted molar refractivity (Wildman–Crippen MR) is 208 cm³/mol. The van der Waals surface area contributed by atoms with Crippen LogP contribution in [0, 0.1) is 35.5 Å². The highest BCUT2D eigenvalue weighted by Gasteiger charge is 2.50. The van der Waals surface area contributed by atoms with Gasteiger partial charge in [0.25, 0.3) is 0 Å². The van der Waals surface area contributed by atoms with E-state index in [1.165, 1.54) is 23.6 Å². The SMILES string of the molecule is CC1=CC[C@H](C)[C@H]1COCc1ccccc1.C[C@H]1C=CC(=O)[C@@H]1COCc1ccccc1.C[C@H]1CC=C(OS(=O)(=O)C(F)(F)F)[C@@H]1COCc1ccccc1. The number of carbonyl (C=O) groups is 1. The van der Waals surface area contributed by atoms with Crippen LogP contribution in [0.15, 0.2) is 127 Å². The summed E-state index contributed by atoms with van der Waals surface area (Å²) in [5.74, 6) is 1.13. The average Bonchev–Trinajstić information content (AvgIpc) is 3.80. The van der Waals surface area contributed by atoms with Crippen LogP contribution < -0.4 is 0 Å². The Balaban J connectivity index is 0.000000188. The number of benzene rings is 3. The molecule has 298 valence electrons. The Kier molecular flexibility index (Phi) is 16.9. The quantitative estimate of drug-likeness (QED) is 0.0914. The summed E-state index contributed by atoms with van der Waals surface area (Å²) in [6.45, 7) is 11.5. The molecule has 0 heterocycles. The molecule has 0 spiro atoms. The standard InChI is InChI=1S/C15H17F3O4S.C15H20O.C14H16O2/c1-11-7-8-14(22-23(19,20)15(16,17)18)13(11)10-21-9-12-5-3-2-4-6-12;1-12-8-9-13(2)15(12)11-16-10-14-6-4-3-5-7-14;1-11-7-8-14(15)13(11)10-16-9-12-5-3-2-4-6-12/h2-6,8,11,13H,7,9-10H2,1H3;3-8,13,15H,9-11H2,1-2H3;2-8,11,13H,9-10H2,1H3/t11-,13+;13-,15-;11-,13+/m000/s1. The summed E-state index contributed by atoms with van der Waals surface area (Å²) in [6, 6.07) is 29.7. The maximum Gasteiger partial charge on any atom is 0.534 e. The fourth-order valence-electron chi connectivity index (χ4n) is 6.48. The second kappa shape index (κ2) is 21.3. The normalized spacial score (nSPS) is 23.3. The van der Waals surface area contributed by atoms with E-state index in [0.717, 1.165) is 30.3 Å². The van der Waals surface area contributed by atoms with Crippen LogP contribution in [0.4, 0.5) is 13.2 Å². The minimum atomic E-state index is -5.64. The van der Waals surface area contributed by atoms with Gasteiger partial charge in [0.05, 0.1) is 45.6 Å². The molecule has 0 unspecified atom stereocenters. The van der Waals surface area contributed by atoms with Gasteiger partial charge in [-0.1, -0.05) is 129 Å². The topological polar surface area (TPSA) is 88.1 Å². The largest absolute Gasteiger partial charge is 0.534 e. The van der Waals surface area contributed by atoms with Crippen LogP contribution in [-0.2, 0) is 53.1 Å². The first-order valence-electron chi connectivity index (χ1n) is 18.7. The first kappa shape index (κ1) is 43.7. The fraction of sp³-hybridized carbons (Fsp3) is 0.432. The van der Waals surface area contributed by atoms with Gasteiger partial charge < -0.3 is 18.4 Å². The number of ketones is 1. The lowest BCUT2D eigenvalue weighted by Crippen LogP contribution is -2.27. The van der Waals surface area contributed by atoms with Crippen molar-refractivity contribution in [3.8, 4) is 0 Å². The van der Waals surface area contributed by atoms with Gasteiger partial charge in [0.1, 0.15) is 5.76 Å². The minimum Gasteiger partial charge on any atom is -0.381 e. The third-order valence-electron chi connectivity index (χ3n) is 10.1. The molecule has 7 nitrogen and oxygen atoms in total. The Labute approximate surface area is 324 Å². The van der Waals surface area contributed by atoms with Crippen molar-refractivity contribution >= 4 is 15.9 Å². The highest BCUT2D eigenvalue weighted by Crippen LogP contribution is 2.37. The van der Waals surface area contributed by atoms with Gasteiger partial charge in [0, 0.05) is 11.8 Å². The zero-order chi connectivity index (χ0) is 39.8. The predicted octanol–water partition coefficient (Wildman–Crippen LogP) is 10.0. The van der Waals surface area contributed by atoms with Crippen molar-refractivity contribution in [1.29, 1.82) is 0 Å². The second-order valence-corrected chi connectivity index (χ2v) is 15.9.